The highest BCUT2D eigenvalue weighted by atomic mass is 32.2. The standard InChI is InChI=1S/C41H43N3O4S2.C3H9N.C3H8.C2H6/c1-4-47-34-26-28-12-6-8-14-36(28)49-38-18-16-30(24-32(34)38)40(45)42-20-10-5-11-21-43-41(46)31-17-19-39-33(25-31)35(48-23-22-44(2)3)27-29-13-7-9-15-37(29)50-39;1-4(2)3;1-3-2;1-2/h6-9,12-19,24-27H,4-5,10-11,20-23H2,1-3H3,(H,42,45)(H,43,46);1-3H3;3H2,1-2H3;1-2H3. The molecule has 2 aliphatic rings. The third kappa shape index (κ3) is 15.9. The van der Waals surface area contributed by atoms with E-state index in [0.717, 1.165) is 79.2 Å². The number of likely N-dealkylation sites (N-methyl/N-ethyl adjacent to an activating group) is 1. The van der Waals surface area contributed by atoms with E-state index in [4.69, 9.17) is 9.47 Å². The van der Waals surface area contributed by atoms with E-state index in [-0.39, 0.29) is 11.8 Å². The van der Waals surface area contributed by atoms with E-state index < -0.39 is 0 Å². The summed E-state index contributed by atoms with van der Waals surface area (Å²) in [4.78, 5) is 34.8. The molecule has 0 radical (unpaired) electrons. The quantitative estimate of drug-likeness (QED) is 0.122. The van der Waals surface area contributed by atoms with Crippen molar-refractivity contribution < 1.29 is 19.1 Å². The van der Waals surface area contributed by atoms with Crippen LogP contribution in [0.2, 0.25) is 0 Å². The number of carbonyl (C=O) groups excluding carboxylic acids is 2. The molecule has 0 bridgehead atoms. The first kappa shape index (κ1) is 48.9. The van der Waals surface area contributed by atoms with Crippen LogP contribution in [0.15, 0.2) is 105 Å². The van der Waals surface area contributed by atoms with E-state index in [9.17, 15) is 9.59 Å². The minimum atomic E-state index is -0.106. The average Bonchev–Trinajstić information content (AvgIpc) is 3.48. The fourth-order valence-electron chi connectivity index (χ4n) is 5.73. The van der Waals surface area contributed by atoms with Crippen molar-refractivity contribution in [1.82, 2.24) is 20.4 Å². The summed E-state index contributed by atoms with van der Waals surface area (Å²) in [6.45, 7) is 13.2. The first-order valence-corrected chi connectivity index (χ1v) is 22.5. The van der Waals surface area contributed by atoms with Gasteiger partial charge in [-0.1, -0.05) is 94.0 Å². The van der Waals surface area contributed by atoms with Crippen LogP contribution in [0.1, 0.15) is 103 Å². The number of benzene rings is 4. The zero-order valence-electron chi connectivity index (χ0n) is 36.9. The lowest BCUT2D eigenvalue weighted by Crippen LogP contribution is -2.26. The van der Waals surface area contributed by atoms with Gasteiger partial charge in [0.05, 0.1) is 6.61 Å². The zero-order chi connectivity index (χ0) is 43.2. The number of nitrogens with zero attached hydrogens (tertiary/aromatic N) is 2. The summed E-state index contributed by atoms with van der Waals surface area (Å²) in [6.07, 6.45) is 7.89. The van der Waals surface area contributed by atoms with Crippen LogP contribution in [-0.2, 0) is 9.47 Å². The van der Waals surface area contributed by atoms with Gasteiger partial charge in [-0.25, -0.2) is 0 Å². The molecule has 0 aliphatic carbocycles. The lowest BCUT2D eigenvalue weighted by molar-refractivity contribution is 0.0947. The molecule has 318 valence electrons. The van der Waals surface area contributed by atoms with Gasteiger partial charge in [0.2, 0.25) is 0 Å². The Morgan fingerprint density at radius 1 is 0.593 bits per heavy atom. The maximum absolute atomic E-state index is 13.2. The maximum atomic E-state index is 13.2. The predicted octanol–water partition coefficient (Wildman–Crippen LogP) is 11.2. The minimum Gasteiger partial charge on any atom is -0.493 e. The van der Waals surface area contributed by atoms with Crippen molar-refractivity contribution in [2.75, 3.05) is 68.1 Å². The van der Waals surface area contributed by atoms with E-state index in [1.165, 1.54) is 6.42 Å². The predicted molar refractivity (Wildman–Crippen MR) is 251 cm³/mol. The monoisotopic (exact) mass is 838 g/mol. The van der Waals surface area contributed by atoms with Crippen LogP contribution in [0.25, 0.3) is 23.7 Å². The van der Waals surface area contributed by atoms with Gasteiger partial charge in [0.25, 0.3) is 11.8 Å². The Hall–Kier alpha value is -4.48. The zero-order valence-corrected chi connectivity index (χ0v) is 38.6. The van der Waals surface area contributed by atoms with Crippen molar-refractivity contribution >= 4 is 59.0 Å². The van der Waals surface area contributed by atoms with Crippen molar-refractivity contribution in [2.24, 2.45) is 0 Å². The van der Waals surface area contributed by atoms with Crippen molar-refractivity contribution in [3.63, 3.8) is 0 Å². The van der Waals surface area contributed by atoms with Crippen molar-refractivity contribution in [1.29, 1.82) is 0 Å². The number of unbranched alkanes of at least 4 members (excludes halogenated alkanes) is 2. The molecule has 0 spiro atoms. The summed E-state index contributed by atoms with van der Waals surface area (Å²) in [6, 6.07) is 28.2. The summed E-state index contributed by atoms with van der Waals surface area (Å²) in [5.74, 6) is 1.34. The van der Waals surface area contributed by atoms with Crippen LogP contribution in [0.3, 0.4) is 0 Å². The fraction of sp³-hybridized carbons (Fsp3) is 0.388. The third-order valence-electron chi connectivity index (χ3n) is 8.39. The Morgan fingerprint density at radius 2 is 1.02 bits per heavy atom. The molecule has 10 heteroatoms. The smallest absolute Gasteiger partial charge is 0.251 e. The highest BCUT2D eigenvalue weighted by Crippen LogP contribution is 2.42. The molecule has 2 N–H and O–H groups in total. The van der Waals surface area contributed by atoms with E-state index in [1.54, 1.807) is 23.5 Å². The highest BCUT2D eigenvalue weighted by molar-refractivity contribution is 7.99. The Bertz CT molecular complexity index is 1990. The van der Waals surface area contributed by atoms with Gasteiger partial charge >= 0.3 is 0 Å². The molecule has 0 atom stereocenters. The molecule has 0 unspecified atom stereocenters. The molecule has 4 aromatic carbocycles. The molecule has 2 heterocycles. The van der Waals surface area contributed by atoms with E-state index in [2.05, 4.69) is 65.8 Å². The molecular weight excluding hydrogens is 773 g/mol. The van der Waals surface area contributed by atoms with E-state index in [0.29, 0.717) is 37.4 Å². The maximum Gasteiger partial charge on any atom is 0.251 e. The van der Waals surface area contributed by atoms with Crippen LogP contribution < -0.4 is 10.6 Å². The molecule has 0 saturated carbocycles. The summed E-state index contributed by atoms with van der Waals surface area (Å²) in [7, 11) is 10.0. The van der Waals surface area contributed by atoms with Crippen LogP contribution >= 0.6 is 23.5 Å². The second kappa shape index (κ2) is 26.6. The number of nitrogens with one attached hydrogen (secondary N) is 2. The van der Waals surface area contributed by atoms with Gasteiger partial charge in [-0.3, -0.25) is 9.59 Å². The van der Waals surface area contributed by atoms with Crippen LogP contribution in [0.5, 0.6) is 0 Å². The molecule has 2 amide bonds. The lowest BCUT2D eigenvalue weighted by Gasteiger charge is -2.16. The first-order chi connectivity index (χ1) is 28.5. The lowest BCUT2D eigenvalue weighted by atomic mass is 10.1. The molecule has 0 saturated heterocycles. The Labute approximate surface area is 363 Å². The Balaban J connectivity index is 0.000000948. The fourth-order valence-corrected chi connectivity index (χ4v) is 7.80. The number of ether oxygens (including phenoxy) is 2. The summed E-state index contributed by atoms with van der Waals surface area (Å²) in [5, 5.41) is 6.13. The van der Waals surface area contributed by atoms with Gasteiger partial charge in [0.15, 0.2) is 0 Å². The number of hydrogen-bond acceptors (Lipinski definition) is 8. The molecule has 59 heavy (non-hydrogen) atoms. The van der Waals surface area contributed by atoms with Crippen LogP contribution in [0, 0.1) is 0 Å². The third-order valence-corrected chi connectivity index (χ3v) is 10.7. The Morgan fingerprint density at radius 3 is 1.44 bits per heavy atom. The number of rotatable bonds is 14. The molecule has 8 nitrogen and oxygen atoms in total. The summed E-state index contributed by atoms with van der Waals surface area (Å²) >= 11 is 3.38. The van der Waals surface area contributed by atoms with Gasteiger partial charge in [0.1, 0.15) is 18.1 Å². The van der Waals surface area contributed by atoms with Gasteiger partial charge < -0.3 is 29.9 Å². The Kier molecular flexibility index (Phi) is 22.0. The van der Waals surface area contributed by atoms with E-state index >= 15 is 0 Å². The van der Waals surface area contributed by atoms with Gasteiger partial charge in [0, 0.05) is 61.5 Å². The molecule has 0 aromatic heterocycles. The second-order valence-corrected chi connectivity index (χ2v) is 16.6. The largest absolute Gasteiger partial charge is 0.493 e. The van der Waals surface area contributed by atoms with Crippen LogP contribution in [-0.4, -0.2) is 89.7 Å². The average molecular weight is 839 g/mol. The van der Waals surface area contributed by atoms with Gasteiger partial charge in [-0.15, -0.1) is 0 Å². The topological polar surface area (TPSA) is 83.1 Å². The molecule has 6 rings (SSSR count). The van der Waals surface area contributed by atoms with Crippen molar-refractivity contribution in [3.05, 3.63) is 118 Å². The van der Waals surface area contributed by atoms with Gasteiger partial charge in [-0.2, -0.15) is 0 Å². The molecule has 2 aliphatic heterocycles. The summed E-state index contributed by atoms with van der Waals surface area (Å²) in [5.41, 5.74) is 5.28. The number of amides is 2. The summed E-state index contributed by atoms with van der Waals surface area (Å²) < 4.78 is 12.3. The van der Waals surface area contributed by atoms with Crippen molar-refractivity contribution in [3.8, 4) is 0 Å². The normalized spacial score (nSPS) is 12.0. The minimum absolute atomic E-state index is 0.104. The molecule has 4 aromatic rings. The number of fused-ring (bicyclic) bond motifs is 4. The molecule has 0 fully saturated rings. The number of carbonyl (C=O) groups is 2. The van der Waals surface area contributed by atoms with Crippen molar-refractivity contribution in [2.45, 2.75) is 79.9 Å². The second-order valence-electron chi connectivity index (χ2n) is 14.4. The van der Waals surface area contributed by atoms with E-state index in [1.807, 2.05) is 122 Å². The first-order valence-electron chi connectivity index (χ1n) is 20.9. The molecular formula is C49H66N4O4S2. The highest BCUT2D eigenvalue weighted by Gasteiger charge is 2.21. The SMILES string of the molecule is CC.CCC.CCOC1=Cc2ccccc2Sc2ccc(C(=O)NCCCCCNC(=O)c3ccc4c(c3)C(OCCN(C)C)=Cc3ccccc3S4)cc21.CN(C)C. The van der Waals surface area contributed by atoms with Crippen LogP contribution in [0.4, 0.5) is 0 Å². The number of hydrogen-bond donors (Lipinski definition) is 2. The van der Waals surface area contributed by atoms with Gasteiger partial charge in [-0.05, 0) is 133 Å².